The molecule has 1 heterocycles. The second-order valence-electron chi connectivity index (χ2n) is 5.66. The topological polar surface area (TPSA) is 64.1 Å². The first-order valence-corrected chi connectivity index (χ1v) is 6.26. The molecule has 0 aliphatic heterocycles. The van der Waals surface area contributed by atoms with E-state index in [-0.39, 0.29) is 12.1 Å². The fourth-order valence-electron chi connectivity index (χ4n) is 3.37. The van der Waals surface area contributed by atoms with Crippen LogP contribution in [-0.2, 0) is 0 Å². The Morgan fingerprint density at radius 1 is 1.38 bits per heavy atom. The van der Waals surface area contributed by atoms with Gasteiger partial charge in [0.1, 0.15) is 0 Å². The number of nitrogen functional groups attached to an aromatic ring is 1. The van der Waals surface area contributed by atoms with Gasteiger partial charge in [-0.15, -0.1) is 0 Å². The average Bonchev–Trinajstić information content (AvgIpc) is 3.17. The summed E-state index contributed by atoms with van der Waals surface area (Å²) < 4.78 is 2.03. The number of nitrogens with zero attached hydrogens (tertiary/aromatic N) is 2. The van der Waals surface area contributed by atoms with Gasteiger partial charge in [0.15, 0.2) is 0 Å². The summed E-state index contributed by atoms with van der Waals surface area (Å²) >= 11 is 0. The maximum Gasteiger partial charge on any atom is 0.0795 e. The minimum atomic E-state index is -0.193. The highest BCUT2D eigenvalue weighted by atomic mass is 16.3. The second-order valence-corrected chi connectivity index (χ2v) is 5.66. The number of anilines is 1. The molecule has 0 spiro atoms. The molecule has 86 valence electrons. The smallest absolute Gasteiger partial charge is 0.0795 e. The summed E-state index contributed by atoms with van der Waals surface area (Å²) in [5.41, 5.74) is 7.98. The number of aromatic nitrogens is 2. The third-order valence-electron chi connectivity index (χ3n) is 4.50. The van der Waals surface area contributed by atoms with Gasteiger partial charge in [0.2, 0.25) is 0 Å². The van der Waals surface area contributed by atoms with E-state index in [4.69, 9.17) is 5.73 Å². The lowest BCUT2D eigenvalue weighted by Gasteiger charge is -2.20. The monoisotopic (exact) mass is 219 g/mol. The fraction of sp³-hybridized carbons (Fsp3) is 0.750. The molecule has 4 heteroatoms. The van der Waals surface area contributed by atoms with Gasteiger partial charge in [-0.2, -0.15) is 5.10 Å². The normalized spacial score (nSPS) is 41.1. The summed E-state index contributed by atoms with van der Waals surface area (Å²) in [6, 6.07) is 0.191. The molecule has 4 atom stereocenters. The van der Waals surface area contributed by atoms with Gasteiger partial charge in [-0.1, -0.05) is 0 Å². The van der Waals surface area contributed by atoms with Crippen LogP contribution in [0, 0.1) is 11.8 Å². The summed E-state index contributed by atoms with van der Waals surface area (Å²) in [5.74, 6) is 1.89. The lowest BCUT2D eigenvalue weighted by molar-refractivity contribution is 0.105. The molecule has 4 nitrogen and oxygen atoms in total. The maximum absolute atomic E-state index is 10.2. The van der Waals surface area contributed by atoms with Crippen LogP contribution >= 0.6 is 0 Å². The van der Waals surface area contributed by atoms with Crippen LogP contribution in [0.25, 0.3) is 0 Å². The third kappa shape index (κ3) is 1.11. The third-order valence-corrected chi connectivity index (χ3v) is 4.50. The Hall–Kier alpha value is -1.03. The molecule has 1 aromatic rings. The molecule has 16 heavy (non-hydrogen) atoms. The van der Waals surface area contributed by atoms with Crippen LogP contribution in [0.15, 0.2) is 6.20 Å². The van der Waals surface area contributed by atoms with Gasteiger partial charge in [-0.05, 0) is 37.5 Å². The molecule has 0 radical (unpaired) electrons. The zero-order valence-electron chi connectivity index (χ0n) is 9.21. The highest BCUT2D eigenvalue weighted by Gasteiger charge is 2.54. The van der Waals surface area contributed by atoms with Crippen molar-refractivity contribution in [2.45, 2.75) is 43.7 Å². The van der Waals surface area contributed by atoms with Gasteiger partial charge in [-0.25, -0.2) is 0 Å². The zero-order chi connectivity index (χ0) is 10.9. The Morgan fingerprint density at radius 3 is 2.81 bits per heavy atom. The number of aliphatic hydroxyl groups excluding tert-OH is 1. The van der Waals surface area contributed by atoms with Crippen molar-refractivity contribution in [3.05, 3.63) is 11.9 Å². The largest absolute Gasteiger partial charge is 0.396 e. The van der Waals surface area contributed by atoms with Crippen molar-refractivity contribution < 1.29 is 5.11 Å². The van der Waals surface area contributed by atoms with Crippen LogP contribution in [0.2, 0.25) is 0 Å². The zero-order valence-corrected chi connectivity index (χ0v) is 9.21. The molecule has 0 aromatic carbocycles. The highest BCUT2D eigenvalue weighted by Crippen LogP contribution is 2.57. The first-order chi connectivity index (χ1) is 7.75. The van der Waals surface area contributed by atoms with Crippen LogP contribution in [0.1, 0.15) is 43.3 Å². The van der Waals surface area contributed by atoms with Crippen LogP contribution in [-0.4, -0.2) is 21.0 Å². The van der Waals surface area contributed by atoms with E-state index < -0.39 is 0 Å². The predicted molar refractivity (Wildman–Crippen MR) is 59.9 cm³/mol. The van der Waals surface area contributed by atoms with Crippen LogP contribution in [0.3, 0.4) is 0 Å². The molecule has 4 unspecified atom stereocenters. The van der Waals surface area contributed by atoms with E-state index in [9.17, 15) is 5.11 Å². The molecule has 3 saturated carbocycles. The van der Waals surface area contributed by atoms with E-state index in [1.54, 1.807) is 6.20 Å². The van der Waals surface area contributed by atoms with Gasteiger partial charge in [0.25, 0.3) is 0 Å². The Balaban J connectivity index is 1.71. The van der Waals surface area contributed by atoms with E-state index in [1.165, 1.54) is 25.0 Å². The van der Waals surface area contributed by atoms with Crippen molar-refractivity contribution in [1.29, 1.82) is 0 Å². The lowest BCUT2D eigenvalue weighted by atomic mass is 10.1. The number of hydrogen-bond donors (Lipinski definition) is 2. The Morgan fingerprint density at radius 2 is 2.19 bits per heavy atom. The summed E-state index contributed by atoms with van der Waals surface area (Å²) in [7, 11) is 0. The molecule has 3 fully saturated rings. The van der Waals surface area contributed by atoms with E-state index in [1.807, 2.05) is 4.68 Å². The van der Waals surface area contributed by atoms with Gasteiger partial charge >= 0.3 is 0 Å². The molecule has 1 aromatic heterocycles. The lowest BCUT2D eigenvalue weighted by Crippen LogP contribution is -2.24. The van der Waals surface area contributed by atoms with Gasteiger partial charge in [0, 0.05) is 5.92 Å². The molecular formula is C12H17N3O. The van der Waals surface area contributed by atoms with Gasteiger partial charge in [-0.3, -0.25) is 4.68 Å². The first-order valence-electron chi connectivity index (χ1n) is 6.26. The van der Waals surface area contributed by atoms with Crippen LogP contribution in [0.4, 0.5) is 5.69 Å². The van der Waals surface area contributed by atoms with Crippen molar-refractivity contribution in [3.63, 3.8) is 0 Å². The van der Waals surface area contributed by atoms with Gasteiger partial charge < -0.3 is 10.8 Å². The second kappa shape index (κ2) is 2.80. The quantitative estimate of drug-likeness (QED) is 0.787. The Labute approximate surface area is 94.4 Å². The molecule has 3 N–H and O–H groups in total. The number of nitrogens with two attached hydrogens (primary N) is 1. The van der Waals surface area contributed by atoms with E-state index >= 15 is 0 Å². The SMILES string of the molecule is Nc1cnn(C2CC3CC3C2O)c1C1CC1. The summed E-state index contributed by atoms with van der Waals surface area (Å²) in [6.07, 6.45) is 6.32. The molecule has 3 aliphatic carbocycles. The predicted octanol–water partition coefficient (Wildman–Crippen LogP) is 1.28. The van der Waals surface area contributed by atoms with Crippen LogP contribution < -0.4 is 5.73 Å². The number of hydrogen-bond acceptors (Lipinski definition) is 3. The minimum absolute atomic E-state index is 0.191. The highest BCUT2D eigenvalue weighted by molar-refractivity contribution is 5.45. The fourth-order valence-corrected chi connectivity index (χ4v) is 3.37. The summed E-state index contributed by atoms with van der Waals surface area (Å²) in [6.45, 7) is 0. The van der Waals surface area contributed by atoms with Crippen molar-refractivity contribution >= 4 is 5.69 Å². The first kappa shape index (κ1) is 9.05. The van der Waals surface area contributed by atoms with Crippen LogP contribution in [0.5, 0.6) is 0 Å². The number of aliphatic hydroxyl groups is 1. The van der Waals surface area contributed by atoms with E-state index in [0.717, 1.165) is 18.0 Å². The van der Waals surface area contributed by atoms with E-state index in [2.05, 4.69) is 5.10 Å². The summed E-state index contributed by atoms with van der Waals surface area (Å²) in [5, 5.41) is 14.6. The molecule has 4 rings (SSSR count). The number of rotatable bonds is 2. The van der Waals surface area contributed by atoms with Crippen molar-refractivity contribution in [2.24, 2.45) is 11.8 Å². The maximum atomic E-state index is 10.2. The molecule has 0 saturated heterocycles. The molecule has 0 bridgehead atoms. The summed E-state index contributed by atoms with van der Waals surface area (Å²) in [4.78, 5) is 0. The van der Waals surface area contributed by atoms with E-state index in [0.29, 0.717) is 11.8 Å². The molecule has 0 amide bonds. The van der Waals surface area contributed by atoms with Gasteiger partial charge in [0.05, 0.1) is 29.7 Å². The standard InChI is InChI=1S/C12H17N3O/c13-9-5-14-15(11(9)6-1-2-6)10-4-7-3-8(7)12(10)16/h5-8,10,12,16H,1-4,13H2. The van der Waals surface area contributed by atoms with Crippen molar-refractivity contribution in [1.82, 2.24) is 9.78 Å². The Kier molecular flexibility index (Phi) is 1.58. The Bertz CT molecular complexity index is 437. The molecular weight excluding hydrogens is 202 g/mol. The van der Waals surface area contributed by atoms with Crippen molar-refractivity contribution in [2.75, 3.05) is 5.73 Å². The number of fused-ring (bicyclic) bond motifs is 1. The van der Waals surface area contributed by atoms with Crippen molar-refractivity contribution in [3.8, 4) is 0 Å². The molecule has 3 aliphatic rings. The minimum Gasteiger partial charge on any atom is -0.396 e. The average molecular weight is 219 g/mol.